The molecule has 7 heteroatoms. The molecule has 1 atom stereocenters. The van der Waals surface area contributed by atoms with E-state index in [0.717, 1.165) is 11.3 Å². The SMILES string of the molecule is CCN(CC)C(=O)C(C)Sc1nc2ccccc2c(=O)n1Cc1ccc(OC)cc1. The van der Waals surface area contributed by atoms with Gasteiger partial charge in [-0.1, -0.05) is 36.0 Å². The third kappa shape index (κ3) is 4.67. The van der Waals surface area contributed by atoms with Crippen molar-refractivity contribution >= 4 is 28.6 Å². The average molecular weight is 426 g/mol. The van der Waals surface area contributed by atoms with Crippen LogP contribution < -0.4 is 10.3 Å². The van der Waals surface area contributed by atoms with Gasteiger partial charge in [0, 0.05) is 13.1 Å². The highest BCUT2D eigenvalue weighted by Crippen LogP contribution is 2.25. The Morgan fingerprint density at radius 3 is 2.43 bits per heavy atom. The largest absolute Gasteiger partial charge is 0.497 e. The van der Waals surface area contributed by atoms with Crippen molar-refractivity contribution in [2.75, 3.05) is 20.2 Å². The van der Waals surface area contributed by atoms with Gasteiger partial charge in [0.15, 0.2) is 5.16 Å². The van der Waals surface area contributed by atoms with Crippen LogP contribution in [0.2, 0.25) is 0 Å². The number of fused-ring (bicyclic) bond motifs is 1. The normalized spacial score (nSPS) is 12.0. The van der Waals surface area contributed by atoms with Crippen LogP contribution in [0.1, 0.15) is 26.3 Å². The van der Waals surface area contributed by atoms with E-state index in [2.05, 4.69) is 0 Å². The number of thioether (sulfide) groups is 1. The number of methoxy groups -OCH3 is 1. The molecule has 2 aromatic carbocycles. The van der Waals surface area contributed by atoms with Crippen molar-refractivity contribution in [3.05, 3.63) is 64.4 Å². The second-order valence-corrected chi connectivity index (χ2v) is 8.23. The number of rotatable bonds is 8. The summed E-state index contributed by atoms with van der Waals surface area (Å²) >= 11 is 1.33. The summed E-state index contributed by atoms with van der Waals surface area (Å²) in [6.07, 6.45) is 0. The van der Waals surface area contributed by atoms with E-state index >= 15 is 0 Å². The molecule has 0 radical (unpaired) electrons. The third-order valence-corrected chi connectivity index (χ3v) is 6.11. The van der Waals surface area contributed by atoms with Crippen molar-refractivity contribution in [3.8, 4) is 5.75 Å². The lowest BCUT2D eigenvalue weighted by atomic mass is 10.2. The molecule has 0 spiro atoms. The number of benzene rings is 2. The molecule has 0 aliphatic heterocycles. The smallest absolute Gasteiger partial charge is 0.262 e. The molecular formula is C23H27N3O3S. The van der Waals surface area contributed by atoms with Gasteiger partial charge in [-0.15, -0.1) is 0 Å². The first kappa shape index (κ1) is 21.9. The van der Waals surface area contributed by atoms with Crippen LogP contribution in [0.4, 0.5) is 0 Å². The predicted molar refractivity (Wildman–Crippen MR) is 121 cm³/mol. The van der Waals surface area contributed by atoms with Crippen molar-refractivity contribution in [1.29, 1.82) is 0 Å². The summed E-state index contributed by atoms with van der Waals surface area (Å²) in [4.78, 5) is 32.6. The molecule has 1 unspecified atom stereocenters. The van der Waals surface area contributed by atoms with Crippen LogP contribution in [0.15, 0.2) is 58.5 Å². The van der Waals surface area contributed by atoms with Crippen molar-refractivity contribution < 1.29 is 9.53 Å². The molecule has 3 rings (SSSR count). The average Bonchev–Trinajstić information content (AvgIpc) is 2.77. The maximum absolute atomic E-state index is 13.3. The third-order valence-electron chi connectivity index (χ3n) is 5.03. The number of aromatic nitrogens is 2. The zero-order valence-electron chi connectivity index (χ0n) is 17.8. The molecule has 0 aliphatic carbocycles. The molecule has 0 saturated carbocycles. The standard InChI is InChI=1S/C23H27N3O3S/c1-5-25(6-2)21(27)16(3)30-23-24-20-10-8-7-9-19(20)22(28)26(23)15-17-11-13-18(29-4)14-12-17/h7-14,16H,5-6,15H2,1-4H3. The summed E-state index contributed by atoms with van der Waals surface area (Å²) in [5.41, 5.74) is 1.49. The predicted octanol–water partition coefficient (Wildman–Crippen LogP) is 3.80. The van der Waals surface area contributed by atoms with Crippen LogP contribution in [0, 0.1) is 0 Å². The molecule has 1 amide bonds. The van der Waals surface area contributed by atoms with Gasteiger partial charge in [0.2, 0.25) is 5.91 Å². The maximum atomic E-state index is 13.3. The number of hydrogen-bond acceptors (Lipinski definition) is 5. The number of amides is 1. The molecule has 0 N–H and O–H groups in total. The van der Waals surface area contributed by atoms with Gasteiger partial charge in [0.1, 0.15) is 5.75 Å². The van der Waals surface area contributed by atoms with Crippen molar-refractivity contribution in [3.63, 3.8) is 0 Å². The van der Waals surface area contributed by atoms with E-state index in [1.54, 1.807) is 22.6 Å². The maximum Gasteiger partial charge on any atom is 0.262 e. The summed E-state index contributed by atoms with van der Waals surface area (Å²) in [7, 11) is 1.62. The van der Waals surface area contributed by atoms with Crippen LogP contribution in [-0.4, -0.2) is 45.8 Å². The number of carbonyl (C=O) groups is 1. The Labute approximate surface area is 180 Å². The molecule has 158 valence electrons. The highest BCUT2D eigenvalue weighted by molar-refractivity contribution is 8.00. The van der Waals surface area contributed by atoms with Crippen LogP contribution >= 0.6 is 11.8 Å². The van der Waals surface area contributed by atoms with Crippen LogP contribution in [0.5, 0.6) is 5.75 Å². The van der Waals surface area contributed by atoms with E-state index in [0.29, 0.717) is 35.7 Å². The lowest BCUT2D eigenvalue weighted by molar-refractivity contribution is -0.129. The fourth-order valence-electron chi connectivity index (χ4n) is 3.29. The van der Waals surface area contributed by atoms with Crippen LogP contribution in [0.3, 0.4) is 0 Å². The fourth-order valence-corrected chi connectivity index (χ4v) is 4.28. The van der Waals surface area contributed by atoms with E-state index < -0.39 is 0 Å². The molecule has 0 bridgehead atoms. The van der Waals surface area contributed by atoms with Gasteiger partial charge in [-0.25, -0.2) is 4.98 Å². The first-order valence-electron chi connectivity index (χ1n) is 10.1. The topological polar surface area (TPSA) is 64.4 Å². The molecule has 1 heterocycles. The van der Waals surface area contributed by atoms with E-state index in [1.165, 1.54) is 11.8 Å². The van der Waals surface area contributed by atoms with Crippen molar-refractivity contribution in [1.82, 2.24) is 14.5 Å². The minimum atomic E-state index is -0.347. The monoisotopic (exact) mass is 425 g/mol. The molecule has 0 aliphatic rings. The highest BCUT2D eigenvalue weighted by atomic mass is 32.2. The van der Waals surface area contributed by atoms with E-state index in [-0.39, 0.29) is 16.7 Å². The van der Waals surface area contributed by atoms with E-state index in [4.69, 9.17) is 9.72 Å². The quantitative estimate of drug-likeness (QED) is 0.406. The van der Waals surface area contributed by atoms with Gasteiger partial charge in [-0.05, 0) is 50.6 Å². The number of para-hydroxylation sites is 1. The Balaban J connectivity index is 2.01. The first-order valence-corrected chi connectivity index (χ1v) is 10.9. The molecule has 1 aromatic heterocycles. The summed E-state index contributed by atoms with van der Waals surface area (Å²) in [5, 5.41) is 0.765. The zero-order valence-corrected chi connectivity index (χ0v) is 18.6. The Morgan fingerprint density at radius 1 is 1.13 bits per heavy atom. The lowest BCUT2D eigenvalue weighted by Crippen LogP contribution is -2.36. The summed E-state index contributed by atoms with van der Waals surface area (Å²) < 4.78 is 6.87. The van der Waals surface area contributed by atoms with Gasteiger partial charge < -0.3 is 9.64 Å². The van der Waals surface area contributed by atoms with Gasteiger partial charge in [-0.2, -0.15) is 0 Å². The highest BCUT2D eigenvalue weighted by Gasteiger charge is 2.22. The summed E-state index contributed by atoms with van der Waals surface area (Å²) in [6.45, 7) is 7.48. The minimum absolute atomic E-state index is 0.0448. The number of ether oxygens (including phenoxy) is 1. The Morgan fingerprint density at radius 2 is 1.80 bits per heavy atom. The Kier molecular flexibility index (Phi) is 7.15. The lowest BCUT2D eigenvalue weighted by Gasteiger charge is -2.23. The molecule has 0 fully saturated rings. The van der Waals surface area contributed by atoms with Gasteiger partial charge in [-0.3, -0.25) is 14.2 Å². The molecule has 0 saturated heterocycles. The summed E-state index contributed by atoms with van der Waals surface area (Å²) in [6, 6.07) is 14.9. The second kappa shape index (κ2) is 9.80. The Bertz CT molecular complexity index is 1080. The molecule has 3 aromatic rings. The molecule has 6 nitrogen and oxygen atoms in total. The van der Waals surface area contributed by atoms with Crippen molar-refractivity contribution in [2.24, 2.45) is 0 Å². The van der Waals surface area contributed by atoms with Crippen LogP contribution in [-0.2, 0) is 11.3 Å². The van der Waals surface area contributed by atoms with Gasteiger partial charge in [0.25, 0.3) is 5.56 Å². The Hall–Kier alpha value is -2.80. The number of nitrogens with zero attached hydrogens (tertiary/aromatic N) is 3. The minimum Gasteiger partial charge on any atom is -0.497 e. The fraction of sp³-hybridized carbons (Fsp3) is 0.348. The zero-order chi connectivity index (χ0) is 21.7. The summed E-state index contributed by atoms with van der Waals surface area (Å²) in [5.74, 6) is 0.805. The molecular weight excluding hydrogens is 398 g/mol. The first-order chi connectivity index (χ1) is 14.5. The van der Waals surface area contributed by atoms with E-state index in [1.807, 2.05) is 63.2 Å². The van der Waals surface area contributed by atoms with Crippen LogP contribution in [0.25, 0.3) is 10.9 Å². The number of carbonyl (C=O) groups excluding carboxylic acids is 1. The van der Waals surface area contributed by atoms with Gasteiger partial charge in [0.05, 0.1) is 29.8 Å². The number of hydrogen-bond donors (Lipinski definition) is 0. The van der Waals surface area contributed by atoms with Crippen molar-refractivity contribution in [2.45, 2.75) is 37.7 Å². The van der Waals surface area contributed by atoms with Gasteiger partial charge >= 0.3 is 0 Å². The molecule has 30 heavy (non-hydrogen) atoms. The second-order valence-electron chi connectivity index (χ2n) is 6.92. The van der Waals surface area contributed by atoms with E-state index in [9.17, 15) is 9.59 Å².